The van der Waals surface area contributed by atoms with Crippen LogP contribution in [0.4, 0.5) is 10.1 Å². The molecule has 0 radical (unpaired) electrons. The summed E-state index contributed by atoms with van der Waals surface area (Å²) in [5.41, 5.74) is 0.0965. The topological polar surface area (TPSA) is 29.4 Å². The molecule has 5 heteroatoms. The van der Waals surface area contributed by atoms with Gasteiger partial charge in [0.1, 0.15) is 16.3 Å². The van der Waals surface area contributed by atoms with Gasteiger partial charge in [-0.2, -0.15) is 4.99 Å². The molecule has 0 saturated carbocycles. The van der Waals surface area contributed by atoms with Crippen LogP contribution in [0.15, 0.2) is 23.2 Å². The van der Waals surface area contributed by atoms with Crippen molar-refractivity contribution in [3.63, 3.8) is 0 Å². The number of nitrogens with zero attached hydrogens (tertiary/aromatic N) is 1. The van der Waals surface area contributed by atoms with E-state index in [1.807, 2.05) is 0 Å². The van der Waals surface area contributed by atoms with E-state index >= 15 is 0 Å². The number of hydrogen-bond donors (Lipinski definition) is 0. The third kappa shape index (κ3) is 2.28. The van der Waals surface area contributed by atoms with E-state index in [-0.39, 0.29) is 11.3 Å². The Morgan fingerprint density at radius 3 is 2.69 bits per heavy atom. The molecule has 0 aliphatic rings. The lowest BCUT2D eigenvalue weighted by atomic mass is 10.2. The number of isocyanates is 1. The zero-order valence-electron chi connectivity index (χ0n) is 6.30. The quantitative estimate of drug-likeness (QED) is 0.427. The molecule has 0 fully saturated rings. The summed E-state index contributed by atoms with van der Waals surface area (Å²) in [7, 11) is 0. The van der Waals surface area contributed by atoms with Crippen molar-refractivity contribution in [3.05, 3.63) is 29.6 Å². The van der Waals surface area contributed by atoms with E-state index in [1.54, 1.807) is 0 Å². The van der Waals surface area contributed by atoms with Crippen molar-refractivity contribution >= 4 is 35.0 Å². The van der Waals surface area contributed by atoms with Crippen LogP contribution in [0.25, 0.3) is 0 Å². The molecule has 2 nitrogen and oxygen atoms in total. The molecule has 68 valence electrons. The first kappa shape index (κ1) is 10.2. The molecule has 0 unspecified atom stereocenters. The highest BCUT2D eigenvalue weighted by atomic mass is 35.5. The zero-order chi connectivity index (χ0) is 9.84. The normalized spacial score (nSPS) is 9.85. The van der Waals surface area contributed by atoms with Gasteiger partial charge in [-0.3, -0.25) is 0 Å². The number of aliphatic imine (C=N–C) groups is 1. The molecular formula is C8H4Cl2FNO. The number of hydrogen-bond acceptors (Lipinski definition) is 2. The molecule has 0 bridgehead atoms. The zero-order valence-corrected chi connectivity index (χ0v) is 7.81. The molecule has 0 aromatic heterocycles. The average molecular weight is 220 g/mol. The van der Waals surface area contributed by atoms with Crippen LogP contribution in [0.1, 0.15) is 10.4 Å². The summed E-state index contributed by atoms with van der Waals surface area (Å²) < 4.78 is 13.0. The monoisotopic (exact) mass is 219 g/mol. The van der Waals surface area contributed by atoms with Gasteiger partial charge in [0, 0.05) is 5.56 Å². The maximum absolute atomic E-state index is 13.0. The number of halogens is 3. The average Bonchev–Trinajstić information content (AvgIpc) is 2.08. The van der Waals surface area contributed by atoms with Crippen molar-refractivity contribution in [1.82, 2.24) is 0 Å². The van der Waals surface area contributed by atoms with Crippen molar-refractivity contribution in [1.29, 1.82) is 0 Å². The number of para-hydroxylation sites is 1. The first-order chi connectivity index (χ1) is 6.16. The molecule has 0 N–H and O–H groups in total. The fourth-order valence-electron chi connectivity index (χ4n) is 0.872. The van der Waals surface area contributed by atoms with Crippen LogP contribution in [-0.4, -0.2) is 6.08 Å². The fraction of sp³-hybridized carbons (Fsp3) is 0.125. The van der Waals surface area contributed by atoms with Crippen molar-refractivity contribution < 1.29 is 9.18 Å². The molecule has 0 saturated heterocycles. The molecule has 0 atom stereocenters. The van der Waals surface area contributed by atoms with Crippen LogP contribution in [0.5, 0.6) is 0 Å². The van der Waals surface area contributed by atoms with Gasteiger partial charge in [0.05, 0.1) is 0 Å². The summed E-state index contributed by atoms with van der Waals surface area (Å²) in [6, 6.07) is 4.09. The summed E-state index contributed by atoms with van der Waals surface area (Å²) in [5.74, 6) is -0.646. The van der Waals surface area contributed by atoms with E-state index in [1.165, 1.54) is 18.2 Å². The van der Waals surface area contributed by atoms with E-state index in [0.29, 0.717) is 0 Å². The number of benzene rings is 1. The van der Waals surface area contributed by atoms with Gasteiger partial charge in [-0.15, -0.1) is 0 Å². The second-order valence-corrected chi connectivity index (χ2v) is 3.28. The molecule has 0 heterocycles. The van der Waals surface area contributed by atoms with E-state index in [9.17, 15) is 9.18 Å². The molecule has 0 spiro atoms. The highest BCUT2D eigenvalue weighted by Gasteiger charge is 2.12. The summed E-state index contributed by atoms with van der Waals surface area (Å²) in [6.45, 7) is 0. The van der Waals surface area contributed by atoms with Gasteiger partial charge >= 0.3 is 0 Å². The Morgan fingerprint density at radius 1 is 1.46 bits per heavy atom. The SMILES string of the molecule is O=C=Nc1c(F)cccc1C(Cl)Cl. The van der Waals surface area contributed by atoms with Crippen LogP contribution in [-0.2, 0) is 4.79 Å². The summed E-state index contributed by atoms with van der Waals surface area (Å²) in [6.07, 6.45) is 1.24. The van der Waals surface area contributed by atoms with Gasteiger partial charge in [-0.1, -0.05) is 35.3 Å². The number of alkyl halides is 2. The third-order valence-corrected chi connectivity index (χ3v) is 1.88. The Bertz CT molecular complexity index is 361. The van der Waals surface area contributed by atoms with Crippen molar-refractivity contribution in [2.45, 2.75) is 4.84 Å². The summed E-state index contributed by atoms with van der Waals surface area (Å²) in [5, 5.41) is 0. The van der Waals surface area contributed by atoms with Gasteiger partial charge in [-0.05, 0) is 6.07 Å². The van der Waals surface area contributed by atoms with Crippen molar-refractivity contribution in [2.24, 2.45) is 4.99 Å². The van der Waals surface area contributed by atoms with Gasteiger partial charge in [0.25, 0.3) is 0 Å². The highest BCUT2D eigenvalue weighted by molar-refractivity contribution is 6.44. The lowest BCUT2D eigenvalue weighted by molar-refractivity contribution is 0.564. The molecule has 0 amide bonds. The maximum atomic E-state index is 13.0. The standard InChI is InChI=1S/C8H4Cl2FNO/c9-8(10)5-2-1-3-6(11)7(5)12-4-13/h1-3,8H. The van der Waals surface area contributed by atoms with Crippen LogP contribution < -0.4 is 0 Å². The van der Waals surface area contributed by atoms with E-state index in [0.717, 1.165) is 6.07 Å². The predicted molar refractivity (Wildman–Crippen MR) is 48.6 cm³/mol. The molecule has 1 aromatic rings. The first-order valence-corrected chi connectivity index (χ1v) is 4.18. The second kappa shape index (κ2) is 4.38. The fourth-order valence-corrected chi connectivity index (χ4v) is 1.22. The van der Waals surface area contributed by atoms with Crippen LogP contribution >= 0.6 is 23.2 Å². The van der Waals surface area contributed by atoms with Crippen LogP contribution in [0.2, 0.25) is 0 Å². The van der Waals surface area contributed by atoms with Gasteiger partial charge < -0.3 is 0 Å². The molecule has 0 aliphatic heterocycles. The Kier molecular flexibility index (Phi) is 3.43. The van der Waals surface area contributed by atoms with E-state index in [2.05, 4.69) is 4.99 Å². The molecule has 13 heavy (non-hydrogen) atoms. The Hall–Kier alpha value is -0.890. The lowest BCUT2D eigenvalue weighted by Crippen LogP contribution is -1.86. The minimum atomic E-state index is -0.914. The molecular weight excluding hydrogens is 216 g/mol. The Labute approximate surface area is 84.0 Å². The van der Waals surface area contributed by atoms with Gasteiger partial charge in [-0.25, -0.2) is 9.18 Å². The van der Waals surface area contributed by atoms with Crippen LogP contribution in [0.3, 0.4) is 0 Å². The molecule has 1 rings (SSSR count). The predicted octanol–water partition coefficient (Wildman–Crippen LogP) is 3.27. The minimum absolute atomic E-state index is 0.160. The van der Waals surface area contributed by atoms with E-state index in [4.69, 9.17) is 23.2 Å². The Morgan fingerprint density at radius 2 is 2.15 bits per heavy atom. The van der Waals surface area contributed by atoms with Crippen LogP contribution in [0, 0.1) is 5.82 Å². The summed E-state index contributed by atoms with van der Waals surface area (Å²) >= 11 is 11.0. The summed E-state index contributed by atoms with van der Waals surface area (Å²) in [4.78, 5) is 12.2. The highest BCUT2D eigenvalue weighted by Crippen LogP contribution is 2.34. The maximum Gasteiger partial charge on any atom is 0.240 e. The smallest absolute Gasteiger partial charge is 0.211 e. The van der Waals surface area contributed by atoms with Gasteiger partial charge in [0.2, 0.25) is 6.08 Å². The second-order valence-electron chi connectivity index (χ2n) is 2.18. The lowest BCUT2D eigenvalue weighted by Gasteiger charge is -2.04. The minimum Gasteiger partial charge on any atom is -0.211 e. The first-order valence-electron chi connectivity index (χ1n) is 3.31. The number of rotatable bonds is 2. The van der Waals surface area contributed by atoms with Crippen molar-refractivity contribution in [2.75, 3.05) is 0 Å². The van der Waals surface area contributed by atoms with Crippen molar-refractivity contribution in [3.8, 4) is 0 Å². The van der Waals surface area contributed by atoms with E-state index < -0.39 is 10.7 Å². The molecule has 1 aromatic carbocycles. The number of carbonyl (C=O) groups excluding carboxylic acids is 1. The van der Waals surface area contributed by atoms with Gasteiger partial charge in [0.15, 0.2) is 0 Å². The Balaban J connectivity index is 3.33. The largest absolute Gasteiger partial charge is 0.240 e. The third-order valence-electron chi connectivity index (χ3n) is 1.41. The molecule has 0 aliphatic carbocycles.